The van der Waals surface area contributed by atoms with Crippen LogP contribution in [0.5, 0.6) is 11.5 Å². The average Bonchev–Trinajstić information content (AvgIpc) is 2.38. The second kappa shape index (κ2) is 5.40. The molecule has 0 heterocycles. The van der Waals surface area contributed by atoms with Crippen molar-refractivity contribution in [2.75, 3.05) is 14.2 Å². The van der Waals surface area contributed by atoms with E-state index >= 15 is 0 Å². The predicted molar refractivity (Wildman–Crippen MR) is 67.2 cm³/mol. The van der Waals surface area contributed by atoms with E-state index in [1.807, 2.05) is 18.2 Å². The Balaban J connectivity index is 2.12. The molecule has 2 unspecified atom stereocenters. The van der Waals surface area contributed by atoms with Crippen molar-refractivity contribution < 1.29 is 19.0 Å². The Morgan fingerprint density at radius 2 is 2.06 bits per heavy atom. The monoisotopic (exact) mass is 250 g/mol. The van der Waals surface area contributed by atoms with Gasteiger partial charge in [-0.3, -0.25) is 4.79 Å². The van der Waals surface area contributed by atoms with Crippen LogP contribution >= 0.6 is 0 Å². The summed E-state index contributed by atoms with van der Waals surface area (Å²) in [7, 11) is 3.14. The minimum atomic E-state index is -0.444. The number of aryl methyl sites for hydroxylation is 1. The van der Waals surface area contributed by atoms with Gasteiger partial charge in [0.05, 0.1) is 7.11 Å². The molecule has 0 aromatic heterocycles. The average molecular weight is 250 g/mol. The van der Waals surface area contributed by atoms with Crippen LogP contribution in [0.4, 0.5) is 0 Å². The maximum Gasteiger partial charge on any atom is 0.169 e. The van der Waals surface area contributed by atoms with Crippen LogP contribution in [0.1, 0.15) is 18.9 Å². The van der Waals surface area contributed by atoms with E-state index in [0.29, 0.717) is 17.9 Å². The smallest absolute Gasteiger partial charge is 0.169 e. The molecule has 2 atom stereocenters. The molecule has 4 nitrogen and oxygen atoms in total. The number of carbonyl (C=O) groups excluding carboxylic acids is 1. The van der Waals surface area contributed by atoms with E-state index in [-0.39, 0.29) is 11.9 Å². The van der Waals surface area contributed by atoms with Crippen LogP contribution in [0.3, 0.4) is 0 Å². The summed E-state index contributed by atoms with van der Waals surface area (Å²) in [5.41, 5.74) is 1.19. The SMILES string of the molecule is CCc1ccc(OC2CC(=O)C2OC)c(OC)c1. The number of ether oxygens (including phenoxy) is 3. The Hall–Kier alpha value is -1.55. The number of benzene rings is 1. The highest BCUT2D eigenvalue weighted by Gasteiger charge is 2.42. The van der Waals surface area contributed by atoms with Gasteiger partial charge < -0.3 is 14.2 Å². The molecular weight excluding hydrogens is 232 g/mol. The van der Waals surface area contributed by atoms with Gasteiger partial charge in [0.15, 0.2) is 23.4 Å². The van der Waals surface area contributed by atoms with Crippen molar-refractivity contribution in [3.63, 3.8) is 0 Å². The second-order valence-corrected chi connectivity index (χ2v) is 4.32. The standard InChI is InChI=1S/C14H18O4/c1-4-9-5-6-11(12(7-9)16-2)18-13-8-10(15)14(13)17-3/h5-7,13-14H,4,8H2,1-3H3. The van der Waals surface area contributed by atoms with Gasteiger partial charge in [-0.25, -0.2) is 0 Å². The van der Waals surface area contributed by atoms with Crippen molar-refractivity contribution in [3.05, 3.63) is 23.8 Å². The van der Waals surface area contributed by atoms with Crippen molar-refractivity contribution in [3.8, 4) is 11.5 Å². The summed E-state index contributed by atoms with van der Waals surface area (Å²) in [6.07, 6.45) is 0.695. The van der Waals surface area contributed by atoms with Crippen molar-refractivity contribution in [2.45, 2.75) is 32.0 Å². The van der Waals surface area contributed by atoms with Gasteiger partial charge in [0.2, 0.25) is 0 Å². The number of hydrogen-bond acceptors (Lipinski definition) is 4. The van der Waals surface area contributed by atoms with Crippen LogP contribution in [0, 0.1) is 0 Å². The molecular formula is C14H18O4. The van der Waals surface area contributed by atoms with Crippen LogP contribution in [-0.2, 0) is 16.0 Å². The lowest BCUT2D eigenvalue weighted by molar-refractivity contribution is -0.151. The first-order chi connectivity index (χ1) is 8.69. The highest BCUT2D eigenvalue weighted by molar-refractivity contribution is 5.90. The van der Waals surface area contributed by atoms with E-state index in [9.17, 15) is 4.79 Å². The summed E-state index contributed by atoms with van der Waals surface area (Å²) < 4.78 is 16.2. The maximum absolute atomic E-state index is 11.3. The molecule has 0 saturated heterocycles. The Morgan fingerprint density at radius 3 is 2.61 bits per heavy atom. The molecule has 0 amide bonds. The van der Waals surface area contributed by atoms with E-state index in [1.165, 1.54) is 12.7 Å². The van der Waals surface area contributed by atoms with Crippen molar-refractivity contribution in [2.24, 2.45) is 0 Å². The summed E-state index contributed by atoms with van der Waals surface area (Å²) in [4.78, 5) is 11.3. The number of hydrogen-bond donors (Lipinski definition) is 0. The van der Waals surface area contributed by atoms with Crippen molar-refractivity contribution in [1.82, 2.24) is 0 Å². The normalized spacial score (nSPS) is 22.5. The lowest BCUT2D eigenvalue weighted by Crippen LogP contribution is -2.51. The molecule has 1 fully saturated rings. The van der Waals surface area contributed by atoms with E-state index < -0.39 is 6.10 Å². The fourth-order valence-corrected chi connectivity index (χ4v) is 2.05. The van der Waals surface area contributed by atoms with Gasteiger partial charge in [-0.15, -0.1) is 0 Å². The van der Waals surface area contributed by atoms with Crippen molar-refractivity contribution in [1.29, 1.82) is 0 Å². The minimum Gasteiger partial charge on any atom is -0.493 e. The zero-order valence-corrected chi connectivity index (χ0v) is 10.9. The minimum absolute atomic E-state index is 0.0895. The van der Waals surface area contributed by atoms with Gasteiger partial charge in [0.25, 0.3) is 0 Å². The molecule has 0 spiro atoms. The molecule has 0 radical (unpaired) electrons. The van der Waals surface area contributed by atoms with Gasteiger partial charge in [-0.05, 0) is 24.1 Å². The topological polar surface area (TPSA) is 44.8 Å². The fraction of sp³-hybridized carbons (Fsp3) is 0.500. The molecule has 1 aliphatic rings. The lowest BCUT2D eigenvalue weighted by Gasteiger charge is -2.33. The molecule has 0 N–H and O–H groups in total. The van der Waals surface area contributed by atoms with E-state index in [0.717, 1.165) is 6.42 Å². The third-order valence-corrected chi connectivity index (χ3v) is 3.23. The van der Waals surface area contributed by atoms with Crippen LogP contribution in [0.15, 0.2) is 18.2 Å². The number of methoxy groups -OCH3 is 2. The summed E-state index contributed by atoms with van der Waals surface area (Å²) in [5.74, 6) is 1.45. The zero-order chi connectivity index (χ0) is 13.1. The summed E-state index contributed by atoms with van der Waals surface area (Å²) >= 11 is 0. The Labute approximate surface area is 107 Å². The van der Waals surface area contributed by atoms with E-state index in [4.69, 9.17) is 14.2 Å². The number of ketones is 1. The fourth-order valence-electron chi connectivity index (χ4n) is 2.05. The predicted octanol–water partition coefficient (Wildman–Crippen LogP) is 1.99. The summed E-state index contributed by atoms with van der Waals surface area (Å²) in [6, 6.07) is 5.84. The highest BCUT2D eigenvalue weighted by atomic mass is 16.6. The number of Topliss-reactive ketones (excluding diaryl/α,β-unsaturated/α-hetero) is 1. The second-order valence-electron chi connectivity index (χ2n) is 4.32. The Bertz CT molecular complexity index is 441. The maximum atomic E-state index is 11.3. The Kier molecular flexibility index (Phi) is 3.87. The number of rotatable bonds is 5. The molecule has 18 heavy (non-hydrogen) atoms. The van der Waals surface area contributed by atoms with Gasteiger partial charge in [0.1, 0.15) is 6.10 Å². The van der Waals surface area contributed by atoms with E-state index in [1.54, 1.807) is 7.11 Å². The lowest BCUT2D eigenvalue weighted by atomic mass is 9.90. The Morgan fingerprint density at radius 1 is 1.28 bits per heavy atom. The molecule has 2 rings (SSSR count). The third kappa shape index (κ3) is 2.34. The molecule has 4 heteroatoms. The summed E-state index contributed by atoms with van der Waals surface area (Å²) in [5, 5.41) is 0. The summed E-state index contributed by atoms with van der Waals surface area (Å²) in [6.45, 7) is 2.08. The van der Waals surface area contributed by atoms with E-state index in [2.05, 4.69) is 6.92 Å². The third-order valence-electron chi connectivity index (χ3n) is 3.23. The highest BCUT2D eigenvalue weighted by Crippen LogP contribution is 2.33. The molecule has 1 saturated carbocycles. The molecule has 0 aliphatic heterocycles. The largest absolute Gasteiger partial charge is 0.493 e. The molecule has 1 aromatic rings. The first kappa shape index (κ1) is 12.9. The van der Waals surface area contributed by atoms with Crippen LogP contribution in [0.25, 0.3) is 0 Å². The first-order valence-corrected chi connectivity index (χ1v) is 6.08. The van der Waals surface area contributed by atoms with Gasteiger partial charge >= 0.3 is 0 Å². The molecule has 1 aliphatic carbocycles. The first-order valence-electron chi connectivity index (χ1n) is 6.08. The molecule has 98 valence electrons. The quantitative estimate of drug-likeness (QED) is 0.801. The van der Waals surface area contributed by atoms with Crippen LogP contribution < -0.4 is 9.47 Å². The number of carbonyl (C=O) groups is 1. The zero-order valence-electron chi connectivity index (χ0n) is 10.9. The van der Waals surface area contributed by atoms with Crippen molar-refractivity contribution >= 4 is 5.78 Å². The molecule has 0 bridgehead atoms. The van der Waals surface area contributed by atoms with Gasteiger partial charge in [-0.2, -0.15) is 0 Å². The molecule has 1 aromatic carbocycles. The van der Waals surface area contributed by atoms with Crippen LogP contribution in [-0.4, -0.2) is 32.2 Å². The van der Waals surface area contributed by atoms with Gasteiger partial charge in [0, 0.05) is 13.5 Å². The van der Waals surface area contributed by atoms with Crippen LogP contribution in [0.2, 0.25) is 0 Å². The van der Waals surface area contributed by atoms with Gasteiger partial charge in [-0.1, -0.05) is 13.0 Å².